The molecule has 0 spiro atoms. The van der Waals surface area contributed by atoms with Crippen LogP contribution in [0.15, 0.2) is 24.3 Å². The number of hydrogen-bond acceptors (Lipinski definition) is 2. The summed E-state index contributed by atoms with van der Waals surface area (Å²) in [5.41, 5.74) is 6.24. The zero-order chi connectivity index (χ0) is 10.1. The summed E-state index contributed by atoms with van der Waals surface area (Å²) in [6.07, 6.45) is 5.07. The molecule has 0 bridgehead atoms. The molecule has 0 aliphatic heterocycles. The molecule has 0 aromatic rings. The number of nitrogens with one attached hydrogen (secondary N) is 1. The Morgan fingerprint density at radius 3 is 2.77 bits per heavy atom. The Morgan fingerprint density at radius 2 is 2.23 bits per heavy atom. The van der Waals surface area contributed by atoms with Gasteiger partial charge in [-0.15, -0.1) is 0 Å². The second-order valence-electron chi connectivity index (χ2n) is 2.80. The summed E-state index contributed by atoms with van der Waals surface area (Å²) in [6, 6.07) is 0. The van der Waals surface area contributed by atoms with Gasteiger partial charge in [0, 0.05) is 19.5 Å². The third-order valence-corrected chi connectivity index (χ3v) is 1.54. The van der Waals surface area contributed by atoms with Crippen LogP contribution in [0.5, 0.6) is 0 Å². The van der Waals surface area contributed by atoms with Crippen LogP contribution in [0.1, 0.15) is 19.8 Å². The minimum absolute atomic E-state index is 0.00998. The second-order valence-corrected chi connectivity index (χ2v) is 2.80. The van der Waals surface area contributed by atoms with Crippen molar-refractivity contribution in [3.8, 4) is 0 Å². The Morgan fingerprint density at radius 1 is 1.54 bits per heavy atom. The fraction of sp³-hybridized carbons (Fsp3) is 0.500. The van der Waals surface area contributed by atoms with Gasteiger partial charge in [-0.25, -0.2) is 0 Å². The van der Waals surface area contributed by atoms with E-state index in [0.29, 0.717) is 19.5 Å². The summed E-state index contributed by atoms with van der Waals surface area (Å²) in [4.78, 5) is 10.9. The molecule has 0 aromatic carbocycles. The molecule has 0 aliphatic rings. The van der Waals surface area contributed by atoms with Gasteiger partial charge in [-0.1, -0.05) is 24.3 Å². The topological polar surface area (TPSA) is 55.1 Å². The first-order valence-corrected chi connectivity index (χ1v) is 4.48. The Bertz CT molecular complexity index is 197. The summed E-state index contributed by atoms with van der Waals surface area (Å²) in [7, 11) is 0. The van der Waals surface area contributed by atoms with Gasteiger partial charge in [-0.05, 0) is 13.3 Å². The second kappa shape index (κ2) is 7.55. The van der Waals surface area contributed by atoms with E-state index >= 15 is 0 Å². The largest absolute Gasteiger partial charge is 0.356 e. The van der Waals surface area contributed by atoms with Crippen LogP contribution in [0.2, 0.25) is 0 Å². The summed E-state index contributed by atoms with van der Waals surface area (Å²) in [5, 5.41) is 2.76. The van der Waals surface area contributed by atoms with E-state index in [9.17, 15) is 4.79 Å². The zero-order valence-electron chi connectivity index (χ0n) is 8.18. The highest BCUT2D eigenvalue weighted by Gasteiger charge is 1.97. The molecule has 0 fully saturated rings. The molecule has 0 unspecified atom stereocenters. The summed E-state index contributed by atoms with van der Waals surface area (Å²) < 4.78 is 0. The number of nitrogens with two attached hydrogens (primary N) is 1. The van der Waals surface area contributed by atoms with Crippen molar-refractivity contribution < 1.29 is 4.79 Å². The maximum Gasteiger partial charge on any atom is 0.221 e. The predicted octanol–water partition coefficient (Wildman–Crippen LogP) is 0.974. The minimum atomic E-state index is 0.00998. The van der Waals surface area contributed by atoms with Gasteiger partial charge in [0.2, 0.25) is 5.91 Å². The number of carbonyl (C=O) groups is 1. The molecular formula is C10H18N2O. The highest BCUT2D eigenvalue weighted by atomic mass is 16.1. The van der Waals surface area contributed by atoms with Crippen molar-refractivity contribution in [2.45, 2.75) is 19.8 Å². The molecule has 74 valence electrons. The lowest BCUT2D eigenvalue weighted by molar-refractivity contribution is -0.120. The maximum absolute atomic E-state index is 10.9. The van der Waals surface area contributed by atoms with Gasteiger partial charge in [-0.3, -0.25) is 4.79 Å². The fourth-order valence-electron chi connectivity index (χ4n) is 0.901. The average Bonchev–Trinajstić information content (AvgIpc) is 2.05. The van der Waals surface area contributed by atoms with Crippen LogP contribution in [0.25, 0.3) is 0 Å². The van der Waals surface area contributed by atoms with Crippen molar-refractivity contribution in [1.29, 1.82) is 0 Å². The number of carbonyl (C=O) groups excluding carboxylic acids is 1. The first kappa shape index (κ1) is 11.9. The molecule has 0 saturated carbocycles. The molecule has 0 aliphatic carbocycles. The predicted molar refractivity (Wildman–Crippen MR) is 55.3 cm³/mol. The van der Waals surface area contributed by atoms with Crippen molar-refractivity contribution in [1.82, 2.24) is 5.32 Å². The van der Waals surface area contributed by atoms with Crippen molar-refractivity contribution in [2.75, 3.05) is 13.1 Å². The van der Waals surface area contributed by atoms with E-state index < -0.39 is 0 Å². The minimum Gasteiger partial charge on any atom is -0.356 e. The SMILES string of the molecule is C=C(/C=C\C)CCNC(=O)CCN. The Balaban J connectivity index is 3.44. The molecule has 3 nitrogen and oxygen atoms in total. The van der Waals surface area contributed by atoms with Gasteiger partial charge in [0.25, 0.3) is 0 Å². The lowest BCUT2D eigenvalue weighted by Gasteiger charge is -2.03. The molecule has 3 heteroatoms. The first-order valence-electron chi connectivity index (χ1n) is 4.48. The molecule has 0 rings (SSSR count). The van der Waals surface area contributed by atoms with E-state index in [-0.39, 0.29) is 5.91 Å². The number of rotatable bonds is 6. The van der Waals surface area contributed by atoms with Gasteiger partial charge in [-0.2, -0.15) is 0 Å². The molecule has 3 N–H and O–H groups in total. The van der Waals surface area contributed by atoms with Gasteiger partial charge in [0.1, 0.15) is 0 Å². The van der Waals surface area contributed by atoms with Crippen LogP contribution >= 0.6 is 0 Å². The molecule has 0 atom stereocenters. The fourth-order valence-corrected chi connectivity index (χ4v) is 0.901. The van der Waals surface area contributed by atoms with E-state index in [0.717, 1.165) is 12.0 Å². The van der Waals surface area contributed by atoms with Crippen molar-refractivity contribution in [3.63, 3.8) is 0 Å². The van der Waals surface area contributed by atoms with Gasteiger partial charge in [0.15, 0.2) is 0 Å². The summed E-state index contributed by atoms with van der Waals surface area (Å²) in [6.45, 7) is 6.81. The molecule has 1 amide bonds. The molecule has 0 aromatic heterocycles. The Hall–Kier alpha value is -1.09. The third-order valence-electron chi connectivity index (χ3n) is 1.54. The molecule has 0 saturated heterocycles. The number of amides is 1. The highest BCUT2D eigenvalue weighted by molar-refractivity contribution is 5.75. The van der Waals surface area contributed by atoms with E-state index in [1.165, 1.54) is 0 Å². The van der Waals surface area contributed by atoms with E-state index in [4.69, 9.17) is 5.73 Å². The van der Waals surface area contributed by atoms with Gasteiger partial charge in [0.05, 0.1) is 0 Å². The maximum atomic E-state index is 10.9. The number of allylic oxidation sites excluding steroid dienone is 2. The summed E-state index contributed by atoms with van der Waals surface area (Å²) in [5.74, 6) is 0.00998. The van der Waals surface area contributed by atoms with Crippen LogP contribution < -0.4 is 11.1 Å². The lowest BCUT2D eigenvalue weighted by Crippen LogP contribution is -2.26. The smallest absolute Gasteiger partial charge is 0.221 e. The lowest BCUT2D eigenvalue weighted by atomic mass is 10.2. The van der Waals surface area contributed by atoms with Crippen LogP contribution in [0, 0.1) is 0 Å². The first-order chi connectivity index (χ1) is 6.20. The van der Waals surface area contributed by atoms with Crippen molar-refractivity contribution in [2.24, 2.45) is 5.73 Å². The normalized spacial score (nSPS) is 10.3. The Labute approximate surface area is 79.7 Å². The third kappa shape index (κ3) is 7.28. The molecule has 0 radical (unpaired) electrons. The zero-order valence-corrected chi connectivity index (χ0v) is 8.18. The van der Waals surface area contributed by atoms with Crippen molar-refractivity contribution >= 4 is 5.91 Å². The molecular weight excluding hydrogens is 164 g/mol. The Kier molecular flexibility index (Phi) is 6.92. The van der Waals surface area contributed by atoms with E-state index in [1.54, 1.807) is 0 Å². The number of hydrogen-bond donors (Lipinski definition) is 2. The van der Waals surface area contributed by atoms with Crippen LogP contribution in [-0.4, -0.2) is 19.0 Å². The quantitative estimate of drug-likeness (QED) is 0.601. The van der Waals surface area contributed by atoms with Gasteiger partial charge < -0.3 is 11.1 Å². The standard InChI is InChI=1S/C10H18N2O/c1-3-4-9(2)6-8-12-10(13)5-7-11/h3-4H,2,5-8,11H2,1H3,(H,12,13)/b4-3-. The monoisotopic (exact) mass is 182 g/mol. The van der Waals surface area contributed by atoms with Crippen LogP contribution in [-0.2, 0) is 4.79 Å². The van der Waals surface area contributed by atoms with Crippen molar-refractivity contribution in [3.05, 3.63) is 24.3 Å². The van der Waals surface area contributed by atoms with E-state index in [1.807, 2.05) is 19.1 Å². The van der Waals surface area contributed by atoms with Gasteiger partial charge >= 0.3 is 0 Å². The highest BCUT2D eigenvalue weighted by Crippen LogP contribution is 1.97. The molecule has 13 heavy (non-hydrogen) atoms. The van der Waals surface area contributed by atoms with E-state index in [2.05, 4.69) is 11.9 Å². The van der Waals surface area contributed by atoms with Crippen LogP contribution in [0.3, 0.4) is 0 Å². The molecule has 0 heterocycles. The van der Waals surface area contributed by atoms with Crippen LogP contribution in [0.4, 0.5) is 0 Å². The summed E-state index contributed by atoms with van der Waals surface area (Å²) >= 11 is 0. The average molecular weight is 182 g/mol.